The molecule has 0 bridgehead atoms. The molecule has 1 aromatic heterocycles. The third-order valence-corrected chi connectivity index (χ3v) is 6.60. The molecule has 2 aliphatic heterocycles. The van der Waals surface area contributed by atoms with Gasteiger partial charge in [-0.2, -0.15) is 0 Å². The van der Waals surface area contributed by atoms with Gasteiger partial charge < -0.3 is 19.2 Å². The largest absolute Gasteiger partial charge is 0.503 e. The average molecular weight is 461 g/mol. The van der Waals surface area contributed by atoms with E-state index in [0.29, 0.717) is 31.9 Å². The third-order valence-electron chi connectivity index (χ3n) is 6.60. The minimum Gasteiger partial charge on any atom is -0.503 e. The molecule has 1 N–H and O–H groups in total. The fraction of sp³-hybridized carbons (Fsp3) is 0.333. The summed E-state index contributed by atoms with van der Waals surface area (Å²) in [6.07, 6.45) is 0. The van der Waals surface area contributed by atoms with Gasteiger partial charge >= 0.3 is 0 Å². The van der Waals surface area contributed by atoms with E-state index in [1.165, 1.54) is 0 Å². The van der Waals surface area contributed by atoms with Crippen LogP contribution in [-0.4, -0.2) is 66.0 Å². The number of carbonyl (C=O) groups is 2. The Labute approximate surface area is 198 Å². The van der Waals surface area contributed by atoms with Crippen LogP contribution in [-0.2, 0) is 9.53 Å². The monoisotopic (exact) mass is 460 g/mol. The van der Waals surface area contributed by atoms with E-state index in [-0.39, 0.29) is 11.3 Å². The molecule has 5 rings (SSSR count). The van der Waals surface area contributed by atoms with E-state index in [2.05, 4.69) is 4.90 Å². The zero-order valence-electron chi connectivity index (χ0n) is 19.4. The Morgan fingerprint density at radius 2 is 1.71 bits per heavy atom. The molecule has 0 aliphatic carbocycles. The van der Waals surface area contributed by atoms with Gasteiger partial charge in [-0.25, -0.2) is 0 Å². The Morgan fingerprint density at radius 3 is 2.44 bits per heavy atom. The number of aryl methyl sites for hydroxylation is 2. The average Bonchev–Trinajstić information content (AvgIpc) is 3.37. The number of aliphatic hydroxyl groups is 1. The standard InChI is InChI=1S/C27H28N2O5/c1-17-3-6-19(7-4-17)24-23(25(30)22-16-20-15-18(2)5-8-21(20)34-22)26(31)27(32)29(24)10-9-28-11-13-33-14-12-28/h3-8,15-16,24,31H,9-14H2,1-2H3. The van der Waals surface area contributed by atoms with Crippen molar-refractivity contribution >= 4 is 22.7 Å². The van der Waals surface area contributed by atoms with Gasteiger partial charge in [0.25, 0.3) is 5.91 Å². The molecule has 7 nitrogen and oxygen atoms in total. The van der Waals surface area contributed by atoms with E-state index in [1.54, 1.807) is 11.0 Å². The minimum absolute atomic E-state index is 0.0617. The first-order chi connectivity index (χ1) is 16.4. The normalized spacial score (nSPS) is 19.4. The molecule has 0 saturated carbocycles. The number of fused-ring (bicyclic) bond motifs is 1. The fourth-order valence-electron chi connectivity index (χ4n) is 4.69. The van der Waals surface area contributed by atoms with Crippen LogP contribution in [0.4, 0.5) is 0 Å². The first kappa shape index (κ1) is 22.4. The summed E-state index contributed by atoms with van der Waals surface area (Å²) in [5.74, 6) is -1.40. The second-order valence-corrected chi connectivity index (χ2v) is 9.01. The highest BCUT2D eigenvalue weighted by atomic mass is 16.5. The molecule has 3 aromatic rings. The van der Waals surface area contributed by atoms with Crippen molar-refractivity contribution in [3.8, 4) is 0 Å². The summed E-state index contributed by atoms with van der Waals surface area (Å²) in [6.45, 7) is 7.88. The molecule has 0 radical (unpaired) electrons. The Morgan fingerprint density at radius 1 is 1.00 bits per heavy atom. The topological polar surface area (TPSA) is 83.2 Å². The van der Waals surface area contributed by atoms with Crippen molar-refractivity contribution in [1.29, 1.82) is 0 Å². The number of carbonyl (C=O) groups excluding carboxylic acids is 2. The van der Waals surface area contributed by atoms with Crippen molar-refractivity contribution in [1.82, 2.24) is 9.80 Å². The van der Waals surface area contributed by atoms with Crippen LogP contribution in [0.25, 0.3) is 11.0 Å². The highest BCUT2D eigenvalue weighted by Gasteiger charge is 2.44. The van der Waals surface area contributed by atoms with E-state index in [0.717, 1.165) is 35.2 Å². The van der Waals surface area contributed by atoms with Crippen molar-refractivity contribution in [2.24, 2.45) is 0 Å². The van der Waals surface area contributed by atoms with Crippen LogP contribution in [0.5, 0.6) is 0 Å². The zero-order chi connectivity index (χ0) is 23.8. The van der Waals surface area contributed by atoms with Crippen molar-refractivity contribution < 1.29 is 23.8 Å². The molecule has 176 valence electrons. The van der Waals surface area contributed by atoms with Crippen LogP contribution in [0.15, 0.2) is 64.3 Å². The maximum absolute atomic E-state index is 13.6. The number of amides is 1. The van der Waals surface area contributed by atoms with Crippen LogP contribution >= 0.6 is 0 Å². The number of ketones is 1. The number of hydrogen-bond donors (Lipinski definition) is 1. The highest BCUT2D eigenvalue weighted by Crippen LogP contribution is 2.39. The second-order valence-electron chi connectivity index (χ2n) is 9.01. The molecule has 1 fully saturated rings. The first-order valence-electron chi connectivity index (χ1n) is 11.6. The number of benzene rings is 2. The van der Waals surface area contributed by atoms with Gasteiger partial charge in [-0.3, -0.25) is 14.5 Å². The molecule has 2 aromatic carbocycles. The smallest absolute Gasteiger partial charge is 0.290 e. The van der Waals surface area contributed by atoms with Gasteiger partial charge in [-0.05, 0) is 37.6 Å². The zero-order valence-corrected chi connectivity index (χ0v) is 19.4. The van der Waals surface area contributed by atoms with Gasteiger partial charge in [0.05, 0.1) is 24.8 Å². The third kappa shape index (κ3) is 4.13. The van der Waals surface area contributed by atoms with Gasteiger partial charge in [0.15, 0.2) is 11.5 Å². The lowest BCUT2D eigenvalue weighted by atomic mass is 9.94. The number of furan rings is 1. The maximum atomic E-state index is 13.6. The molecule has 1 atom stereocenters. The lowest BCUT2D eigenvalue weighted by Gasteiger charge is -2.31. The van der Waals surface area contributed by atoms with E-state index >= 15 is 0 Å². The Bertz CT molecular complexity index is 1270. The second kappa shape index (κ2) is 9.08. The molecule has 1 unspecified atom stereocenters. The summed E-state index contributed by atoms with van der Waals surface area (Å²) in [5, 5.41) is 11.7. The molecule has 7 heteroatoms. The molecular formula is C27H28N2O5. The summed E-state index contributed by atoms with van der Waals surface area (Å²) in [4.78, 5) is 30.6. The number of hydrogen-bond acceptors (Lipinski definition) is 6. The number of morpholine rings is 1. The van der Waals surface area contributed by atoms with Crippen LogP contribution in [0, 0.1) is 13.8 Å². The lowest BCUT2D eigenvalue weighted by Crippen LogP contribution is -2.43. The van der Waals surface area contributed by atoms with E-state index in [1.807, 2.05) is 56.3 Å². The van der Waals surface area contributed by atoms with Gasteiger partial charge in [0, 0.05) is 31.6 Å². The molecule has 34 heavy (non-hydrogen) atoms. The predicted molar refractivity (Wildman–Crippen MR) is 128 cm³/mol. The molecule has 3 heterocycles. The number of aliphatic hydroxyl groups excluding tert-OH is 1. The summed E-state index contributed by atoms with van der Waals surface area (Å²) in [5.41, 5.74) is 3.56. The number of rotatable bonds is 6. The van der Waals surface area contributed by atoms with Crippen molar-refractivity contribution in [2.75, 3.05) is 39.4 Å². The maximum Gasteiger partial charge on any atom is 0.290 e. The highest BCUT2D eigenvalue weighted by molar-refractivity contribution is 6.16. The van der Waals surface area contributed by atoms with Crippen LogP contribution in [0.3, 0.4) is 0 Å². The molecule has 1 saturated heterocycles. The summed E-state index contributed by atoms with van der Waals surface area (Å²) >= 11 is 0. The van der Waals surface area contributed by atoms with Gasteiger partial charge in [-0.1, -0.05) is 41.5 Å². The van der Waals surface area contributed by atoms with Crippen LogP contribution in [0.1, 0.15) is 33.3 Å². The predicted octanol–water partition coefficient (Wildman–Crippen LogP) is 3.96. The van der Waals surface area contributed by atoms with Crippen LogP contribution < -0.4 is 0 Å². The first-order valence-corrected chi connectivity index (χ1v) is 11.6. The van der Waals surface area contributed by atoms with Crippen molar-refractivity contribution in [2.45, 2.75) is 19.9 Å². The Balaban J connectivity index is 1.50. The van der Waals surface area contributed by atoms with Gasteiger partial charge in [-0.15, -0.1) is 0 Å². The lowest BCUT2D eigenvalue weighted by molar-refractivity contribution is -0.129. The minimum atomic E-state index is -0.684. The van der Waals surface area contributed by atoms with E-state index in [4.69, 9.17) is 9.15 Å². The molecule has 2 aliphatic rings. The number of nitrogens with zero attached hydrogens (tertiary/aromatic N) is 2. The SMILES string of the molecule is Cc1ccc(C2C(C(=O)c3cc4cc(C)ccc4o3)=C(O)C(=O)N2CCN2CCOCC2)cc1. The summed E-state index contributed by atoms with van der Waals surface area (Å²) < 4.78 is 11.2. The number of Topliss-reactive ketones (excluding diaryl/α,β-unsaturated/α-hetero) is 1. The molecule has 0 spiro atoms. The Hall–Kier alpha value is -3.42. The van der Waals surface area contributed by atoms with Crippen LogP contribution in [0.2, 0.25) is 0 Å². The summed E-state index contributed by atoms with van der Waals surface area (Å²) in [6, 6.07) is 14.4. The van der Waals surface area contributed by atoms with Crippen molar-refractivity contribution in [3.05, 3.63) is 82.3 Å². The van der Waals surface area contributed by atoms with E-state index in [9.17, 15) is 14.7 Å². The Kier molecular flexibility index (Phi) is 5.98. The quantitative estimate of drug-likeness (QED) is 0.561. The number of ether oxygens (including phenoxy) is 1. The van der Waals surface area contributed by atoms with Crippen molar-refractivity contribution in [3.63, 3.8) is 0 Å². The van der Waals surface area contributed by atoms with Gasteiger partial charge in [0.2, 0.25) is 5.78 Å². The summed E-state index contributed by atoms with van der Waals surface area (Å²) in [7, 11) is 0. The molecule has 1 amide bonds. The van der Waals surface area contributed by atoms with E-state index < -0.39 is 23.5 Å². The van der Waals surface area contributed by atoms with Gasteiger partial charge in [0.1, 0.15) is 5.58 Å². The fourth-order valence-corrected chi connectivity index (χ4v) is 4.69. The molecular weight excluding hydrogens is 432 g/mol.